The van der Waals surface area contributed by atoms with Gasteiger partial charge in [-0.15, -0.1) is 0 Å². The summed E-state index contributed by atoms with van der Waals surface area (Å²) in [7, 11) is 1.85. The average Bonchev–Trinajstić information content (AvgIpc) is 2.51. The topological polar surface area (TPSA) is 43.6 Å². The lowest BCUT2D eigenvalue weighted by Crippen LogP contribution is -1.99. The Labute approximate surface area is 101 Å². The maximum absolute atomic E-state index is 13.2. The molecule has 0 fully saturated rings. The molecule has 6 heteroatoms. The van der Waals surface area contributed by atoms with E-state index in [4.69, 9.17) is 0 Å². The summed E-state index contributed by atoms with van der Waals surface area (Å²) in [5.41, 5.74) is 1.92. The van der Waals surface area contributed by atoms with Gasteiger partial charge in [-0.2, -0.15) is 9.49 Å². The minimum atomic E-state index is -0.536. The van der Waals surface area contributed by atoms with Gasteiger partial charge in [0, 0.05) is 31.4 Å². The van der Waals surface area contributed by atoms with E-state index in [0.717, 1.165) is 11.3 Å². The van der Waals surface area contributed by atoms with Crippen molar-refractivity contribution in [2.24, 2.45) is 7.05 Å². The van der Waals surface area contributed by atoms with Crippen LogP contribution in [-0.4, -0.2) is 19.7 Å². The van der Waals surface area contributed by atoms with Crippen LogP contribution in [0.4, 0.5) is 4.39 Å². The van der Waals surface area contributed by atoms with Gasteiger partial charge in [-0.3, -0.25) is 4.68 Å². The Morgan fingerprint density at radius 2 is 2.25 bits per heavy atom. The van der Waals surface area contributed by atoms with Crippen LogP contribution in [0.2, 0.25) is 0 Å². The van der Waals surface area contributed by atoms with Crippen molar-refractivity contribution in [3.63, 3.8) is 0 Å². The predicted octanol–water partition coefficient (Wildman–Crippen LogP) is 2.01. The van der Waals surface area contributed by atoms with Gasteiger partial charge < -0.3 is 0 Å². The number of halogens is 2. The molecule has 16 heavy (non-hydrogen) atoms. The molecule has 0 radical (unpaired) electrons. The molecule has 0 N–H and O–H groups in total. The molecule has 2 aromatic heterocycles. The van der Waals surface area contributed by atoms with E-state index in [1.807, 2.05) is 20.2 Å². The Hall–Kier alpha value is -1.30. The lowest BCUT2D eigenvalue weighted by molar-refractivity contribution is 0.564. The quantitative estimate of drug-likeness (QED) is 0.793. The fraction of sp³-hybridized carbons (Fsp3) is 0.300. The molecule has 0 aliphatic carbocycles. The molecule has 4 nitrogen and oxygen atoms in total. The Balaban J connectivity index is 2.27. The molecule has 84 valence electrons. The van der Waals surface area contributed by atoms with Crippen molar-refractivity contribution < 1.29 is 4.39 Å². The number of aryl methyl sites for hydroxylation is 2. The molecule has 0 bridgehead atoms. The first-order valence-electron chi connectivity index (χ1n) is 4.72. The largest absolute Gasteiger partial charge is 0.275 e. The van der Waals surface area contributed by atoms with Crippen LogP contribution >= 0.6 is 15.9 Å². The number of aromatic nitrogens is 4. The van der Waals surface area contributed by atoms with Crippen molar-refractivity contribution in [2.75, 3.05) is 0 Å². The van der Waals surface area contributed by atoms with Crippen LogP contribution in [0.5, 0.6) is 0 Å². The summed E-state index contributed by atoms with van der Waals surface area (Å²) in [6.45, 7) is 1.91. The summed E-state index contributed by atoms with van der Waals surface area (Å²) >= 11 is 3.02. The second-order valence-corrected chi connectivity index (χ2v) is 4.37. The summed E-state index contributed by atoms with van der Waals surface area (Å²) in [6.07, 6.45) is 3.80. The maximum Gasteiger partial charge on any atom is 0.230 e. The molecule has 0 aromatic carbocycles. The lowest BCUT2D eigenvalue weighted by Gasteiger charge is -1.99. The molecule has 0 aliphatic rings. The van der Waals surface area contributed by atoms with Gasteiger partial charge in [0.05, 0.1) is 10.2 Å². The van der Waals surface area contributed by atoms with E-state index < -0.39 is 5.95 Å². The first-order chi connectivity index (χ1) is 7.56. The fourth-order valence-corrected chi connectivity index (χ4v) is 1.65. The highest BCUT2D eigenvalue weighted by molar-refractivity contribution is 9.10. The van der Waals surface area contributed by atoms with Gasteiger partial charge in [-0.25, -0.2) is 9.97 Å². The Morgan fingerprint density at radius 1 is 1.50 bits per heavy atom. The second kappa shape index (κ2) is 4.29. The first-order valence-corrected chi connectivity index (χ1v) is 5.51. The highest BCUT2D eigenvalue weighted by Crippen LogP contribution is 2.14. The molecule has 0 saturated heterocycles. The Morgan fingerprint density at radius 3 is 2.81 bits per heavy atom. The normalized spacial score (nSPS) is 10.8. The van der Waals surface area contributed by atoms with E-state index in [0.29, 0.717) is 12.2 Å². The van der Waals surface area contributed by atoms with Gasteiger partial charge >= 0.3 is 0 Å². The van der Waals surface area contributed by atoms with Crippen molar-refractivity contribution in [3.8, 4) is 0 Å². The lowest BCUT2D eigenvalue weighted by atomic mass is 10.2. The van der Waals surface area contributed by atoms with E-state index in [1.54, 1.807) is 4.68 Å². The van der Waals surface area contributed by atoms with E-state index in [2.05, 4.69) is 31.0 Å². The minimum absolute atomic E-state index is 0.277. The summed E-state index contributed by atoms with van der Waals surface area (Å²) < 4.78 is 15.2. The smallest absolute Gasteiger partial charge is 0.230 e. The van der Waals surface area contributed by atoms with Crippen molar-refractivity contribution in [1.82, 2.24) is 19.7 Å². The minimum Gasteiger partial charge on any atom is -0.275 e. The van der Waals surface area contributed by atoms with E-state index in [1.165, 1.54) is 6.20 Å². The fourth-order valence-electron chi connectivity index (χ4n) is 1.46. The van der Waals surface area contributed by atoms with Crippen LogP contribution in [-0.2, 0) is 13.5 Å². The van der Waals surface area contributed by atoms with Gasteiger partial charge in [0.25, 0.3) is 0 Å². The maximum atomic E-state index is 13.2. The Bertz CT molecular complexity index is 524. The van der Waals surface area contributed by atoms with Crippen LogP contribution in [0.3, 0.4) is 0 Å². The molecule has 2 aromatic rings. The number of hydrogen-bond acceptors (Lipinski definition) is 3. The number of rotatable bonds is 2. The first kappa shape index (κ1) is 11.2. The number of nitrogens with zero attached hydrogens (tertiary/aromatic N) is 4. The van der Waals surface area contributed by atoms with E-state index >= 15 is 0 Å². The van der Waals surface area contributed by atoms with Crippen molar-refractivity contribution in [3.05, 3.63) is 39.9 Å². The van der Waals surface area contributed by atoms with E-state index in [9.17, 15) is 4.39 Å². The van der Waals surface area contributed by atoms with Gasteiger partial charge in [-0.05, 0) is 22.9 Å². The van der Waals surface area contributed by atoms with Gasteiger partial charge in [0.1, 0.15) is 5.82 Å². The average molecular weight is 285 g/mol. The third-order valence-corrected chi connectivity index (χ3v) is 2.75. The van der Waals surface area contributed by atoms with Crippen molar-refractivity contribution >= 4 is 15.9 Å². The van der Waals surface area contributed by atoms with Crippen LogP contribution in [0.15, 0.2) is 16.9 Å². The third kappa shape index (κ3) is 2.27. The zero-order valence-corrected chi connectivity index (χ0v) is 10.5. The monoisotopic (exact) mass is 284 g/mol. The van der Waals surface area contributed by atoms with Crippen molar-refractivity contribution in [1.29, 1.82) is 0 Å². The van der Waals surface area contributed by atoms with Crippen molar-refractivity contribution in [2.45, 2.75) is 13.3 Å². The van der Waals surface area contributed by atoms with E-state index in [-0.39, 0.29) is 4.47 Å². The highest BCUT2D eigenvalue weighted by atomic mass is 79.9. The van der Waals surface area contributed by atoms with Crippen LogP contribution in [0, 0.1) is 12.9 Å². The number of hydrogen-bond donors (Lipinski definition) is 0. The molecule has 2 rings (SSSR count). The predicted molar refractivity (Wildman–Crippen MR) is 60.4 cm³/mol. The molecule has 0 spiro atoms. The standard InChI is InChI=1S/C10H10BrFN4/c1-6-7(5-16(2)15-6)3-9-13-4-8(11)10(12)14-9/h4-5H,3H2,1-2H3. The Kier molecular flexibility index (Phi) is 3.00. The van der Waals surface area contributed by atoms with Crippen LogP contribution < -0.4 is 0 Å². The molecular weight excluding hydrogens is 275 g/mol. The molecular formula is C10H10BrFN4. The van der Waals surface area contributed by atoms with Crippen LogP contribution in [0.1, 0.15) is 17.1 Å². The third-order valence-electron chi connectivity index (χ3n) is 2.21. The molecule has 0 unspecified atom stereocenters. The summed E-state index contributed by atoms with van der Waals surface area (Å²) in [5.74, 6) is -0.0802. The molecule has 0 atom stereocenters. The summed E-state index contributed by atoms with van der Waals surface area (Å²) in [4.78, 5) is 7.81. The highest BCUT2D eigenvalue weighted by Gasteiger charge is 2.08. The molecule has 0 saturated carbocycles. The van der Waals surface area contributed by atoms with Gasteiger partial charge in [0.15, 0.2) is 0 Å². The molecule has 0 amide bonds. The zero-order chi connectivity index (χ0) is 11.7. The molecule has 0 aliphatic heterocycles. The zero-order valence-electron chi connectivity index (χ0n) is 8.91. The summed E-state index contributed by atoms with van der Waals surface area (Å²) in [6, 6.07) is 0. The van der Waals surface area contributed by atoms with Gasteiger partial charge in [0.2, 0.25) is 5.95 Å². The molecule has 2 heterocycles. The SMILES string of the molecule is Cc1nn(C)cc1Cc1ncc(Br)c(F)n1. The second-order valence-electron chi connectivity index (χ2n) is 3.52. The van der Waals surface area contributed by atoms with Crippen LogP contribution in [0.25, 0.3) is 0 Å². The van der Waals surface area contributed by atoms with Gasteiger partial charge in [-0.1, -0.05) is 0 Å². The summed E-state index contributed by atoms with van der Waals surface area (Å²) in [5, 5.41) is 4.21.